The van der Waals surface area contributed by atoms with Gasteiger partial charge in [0.25, 0.3) is 0 Å². The number of benzene rings is 1. The summed E-state index contributed by atoms with van der Waals surface area (Å²) in [5, 5.41) is 0.651. The molecule has 0 fully saturated rings. The van der Waals surface area contributed by atoms with Gasteiger partial charge < -0.3 is 0 Å². The summed E-state index contributed by atoms with van der Waals surface area (Å²) in [6.45, 7) is 1.41. The number of fused-ring (bicyclic) bond motifs is 1. The standard InChI is InChI=1S/C11H8FNO/c1-7(14)10-6-9(12)5-8-3-2-4-13-11(8)10/h2-6H,1H3. The van der Waals surface area contributed by atoms with Crippen molar-refractivity contribution in [3.05, 3.63) is 41.8 Å². The van der Waals surface area contributed by atoms with Crippen molar-refractivity contribution in [3.8, 4) is 0 Å². The van der Waals surface area contributed by atoms with Gasteiger partial charge in [-0.1, -0.05) is 6.07 Å². The van der Waals surface area contributed by atoms with Crippen molar-refractivity contribution in [1.82, 2.24) is 4.98 Å². The molecule has 0 N–H and O–H groups in total. The van der Waals surface area contributed by atoms with E-state index < -0.39 is 5.82 Å². The van der Waals surface area contributed by atoms with E-state index in [1.807, 2.05) is 0 Å². The second-order valence-electron chi connectivity index (χ2n) is 3.08. The monoisotopic (exact) mass is 189 g/mol. The van der Waals surface area contributed by atoms with Crippen molar-refractivity contribution in [3.63, 3.8) is 0 Å². The first-order valence-corrected chi connectivity index (χ1v) is 4.23. The summed E-state index contributed by atoms with van der Waals surface area (Å²) in [6.07, 6.45) is 1.59. The molecule has 0 amide bonds. The summed E-state index contributed by atoms with van der Waals surface area (Å²) in [7, 11) is 0. The highest BCUT2D eigenvalue weighted by Crippen LogP contribution is 2.18. The maximum absolute atomic E-state index is 13.1. The van der Waals surface area contributed by atoms with E-state index in [1.54, 1.807) is 18.3 Å². The van der Waals surface area contributed by atoms with Crippen LogP contribution in [0.25, 0.3) is 10.9 Å². The van der Waals surface area contributed by atoms with E-state index in [-0.39, 0.29) is 5.78 Å². The Morgan fingerprint density at radius 2 is 2.21 bits per heavy atom. The molecule has 1 aromatic carbocycles. The number of ketones is 1. The summed E-state index contributed by atoms with van der Waals surface area (Å²) < 4.78 is 13.1. The van der Waals surface area contributed by atoms with Crippen LogP contribution in [0.1, 0.15) is 17.3 Å². The van der Waals surface area contributed by atoms with Crippen molar-refractivity contribution < 1.29 is 9.18 Å². The molecular weight excluding hydrogens is 181 g/mol. The van der Waals surface area contributed by atoms with E-state index in [0.717, 1.165) is 0 Å². The number of carbonyl (C=O) groups excluding carboxylic acids is 1. The van der Waals surface area contributed by atoms with Gasteiger partial charge in [0.2, 0.25) is 0 Å². The van der Waals surface area contributed by atoms with Crippen molar-refractivity contribution in [1.29, 1.82) is 0 Å². The highest BCUT2D eigenvalue weighted by atomic mass is 19.1. The minimum absolute atomic E-state index is 0.173. The molecule has 14 heavy (non-hydrogen) atoms. The van der Waals surface area contributed by atoms with Crippen LogP contribution in [0.4, 0.5) is 4.39 Å². The molecule has 0 unspecified atom stereocenters. The summed E-state index contributed by atoms with van der Waals surface area (Å²) in [5.41, 5.74) is 0.891. The molecule has 70 valence electrons. The van der Waals surface area contributed by atoms with E-state index in [1.165, 1.54) is 19.1 Å². The molecule has 0 bridgehead atoms. The highest BCUT2D eigenvalue weighted by Gasteiger charge is 2.08. The molecule has 2 nitrogen and oxygen atoms in total. The Morgan fingerprint density at radius 1 is 1.43 bits per heavy atom. The Morgan fingerprint density at radius 3 is 2.93 bits per heavy atom. The van der Waals surface area contributed by atoms with Gasteiger partial charge in [0, 0.05) is 17.1 Å². The topological polar surface area (TPSA) is 30.0 Å². The molecule has 0 saturated carbocycles. The van der Waals surface area contributed by atoms with Crippen LogP contribution in [0.5, 0.6) is 0 Å². The van der Waals surface area contributed by atoms with Crippen LogP contribution in [-0.4, -0.2) is 10.8 Å². The lowest BCUT2D eigenvalue weighted by Gasteiger charge is -2.01. The van der Waals surface area contributed by atoms with Crippen LogP contribution < -0.4 is 0 Å². The van der Waals surface area contributed by atoms with Crippen molar-refractivity contribution in [2.75, 3.05) is 0 Å². The van der Waals surface area contributed by atoms with E-state index in [0.29, 0.717) is 16.5 Å². The molecular formula is C11H8FNO. The third-order valence-corrected chi connectivity index (χ3v) is 2.05. The van der Waals surface area contributed by atoms with Crippen LogP contribution in [0.15, 0.2) is 30.5 Å². The number of nitrogens with zero attached hydrogens (tertiary/aromatic N) is 1. The molecule has 2 rings (SSSR count). The maximum atomic E-state index is 13.1. The van der Waals surface area contributed by atoms with Gasteiger partial charge in [-0.05, 0) is 25.1 Å². The van der Waals surface area contributed by atoms with Crippen molar-refractivity contribution in [2.24, 2.45) is 0 Å². The largest absolute Gasteiger partial charge is 0.294 e. The lowest BCUT2D eigenvalue weighted by atomic mass is 10.1. The van der Waals surface area contributed by atoms with Gasteiger partial charge in [0.1, 0.15) is 5.82 Å². The fourth-order valence-corrected chi connectivity index (χ4v) is 1.42. The van der Waals surface area contributed by atoms with Gasteiger partial charge in [0.15, 0.2) is 5.78 Å². The third kappa shape index (κ3) is 1.37. The third-order valence-electron chi connectivity index (χ3n) is 2.05. The highest BCUT2D eigenvalue weighted by molar-refractivity contribution is 6.05. The number of Topliss-reactive ketones (excluding diaryl/α,β-unsaturated/α-hetero) is 1. The van der Waals surface area contributed by atoms with Crippen LogP contribution in [0.3, 0.4) is 0 Å². The molecule has 0 saturated heterocycles. The van der Waals surface area contributed by atoms with Crippen molar-refractivity contribution >= 4 is 16.7 Å². The van der Waals surface area contributed by atoms with Gasteiger partial charge in [0.05, 0.1) is 5.52 Å². The number of rotatable bonds is 1. The average molecular weight is 189 g/mol. The Hall–Kier alpha value is -1.77. The van der Waals surface area contributed by atoms with Crippen LogP contribution in [0, 0.1) is 5.82 Å². The SMILES string of the molecule is CC(=O)c1cc(F)cc2cccnc12. The molecule has 0 radical (unpaired) electrons. The second kappa shape index (κ2) is 3.18. The van der Waals surface area contributed by atoms with Gasteiger partial charge >= 0.3 is 0 Å². The Balaban J connectivity index is 2.87. The number of hydrogen-bond donors (Lipinski definition) is 0. The summed E-state index contributed by atoms with van der Waals surface area (Å²) in [6, 6.07) is 6.04. The normalized spacial score (nSPS) is 10.4. The molecule has 0 aliphatic carbocycles. The van der Waals surface area contributed by atoms with Crippen LogP contribution in [-0.2, 0) is 0 Å². The molecule has 0 spiro atoms. The summed E-state index contributed by atoms with van der Waals surface area (Å²) >= 11 is 0. The van der Waals surface area contributed by atoms with E-state index in [4.69, 9.17) is 0 Å². The predicted molar refractivity (Wildman–Crippen MR) is 51.7 cm³/mol. The van der Waals surface area contributed by atoms with Gasteiger partial charge in [-0.2, -0.15) is 0 Å². The number of hydrogen-bond acceptors (Lipinski definition) is 2. The van der Waals surface area contributed by atoms with E-state index in [2.05, 4.69) is 4.98 Å². The summed E-state index contributed by atoms with van der Waals surface area (Å²) in [4.78, 5) is 15.3. The average Bonchev–Trinajstić information content (AvgIpc) is 2.16. The van der Waals surface area contributed by atoms with E-state index in [9.17, 15) is 9.18 Å². The quantitative estimate of drug-likeness (QED) is 0.645. The zero-order valence-corrected chi connectivity index (χ0v) is 7.62. The number of carbonyl (C=O) groups is 1. The number of aromatic nitrogens is 1. The molecule has 0 aliphatic rings. The first-order chi connectivity index (χ1) is 6.68. The molecule has 1 heterocycles. The smallest absolute Gasteiger partial charge is 0.162 e. The molecule has 1 aromatic heterocycles. The Labute approximate surface area is 80.4 Å². The van der Waals surface area contributed by atoms with Gasteiger partial charge in [-0.15, -0.1) is 0 Å². The number of halogens is 1. The maximum Gasteiger partial charge on any atom is 0.162 e. The van der Waals surface area contributed by atoms with Crippen molar-refractivity contribution in [2.45, 2.75) is 6.92 Å². The minimum Gasteiger partial charge on any atom is -0.294 e. The van der Waals surface area contributed by atoms with Crippen LogP contribution >= 0.6 is 0 Å². The van der Waals surface area contributed by atoms with Gasteiger partial charge in [-0.25, -0.2) is 4.39 Å². The molecule has 2 aromatic rings. The molecule has 3 heteroatoms. The Bertz CT molecular complexity index is 508. The minimum atomic E-state index is -0.407. The fourth-order valence-electron chi connectivity index (χ4n) is 1.42. The summed E-state index contributed by atoms with van der Waals surface area (Å²) in [5.74, 6) is -0.580. The zero-order chi connectivity index (χ0) is 10.1. The Kier molecular flexibility index (Phi) is 2.00. The van der Waals surface area contributed by atoms with Crippen LogP contribution in [0.2, 0.25) is 0 Å². The lowest BCUT2D eigenvalue weighted by molar-refractivity contribution is 0.101. The molecule has 0 atom stereocenters. The molecule has 0 aliphatic heterocycles. The zero-order valence-electron chi connectivity index (χ0n) is 7.62. The fraction of sp³-hybridized carbons (Fsp3) is 0.0909. The predicted octanol–water partition coefficient (Wildman–Crippen LogP) is 2.58. The van der Waals surface area contributed by atoms with E-state index >= 15 is 0 Å². The lowest BCUT2D eigenvalue weighted by Crippen LogP contribution is -1.96. The first kappa shape index (κ1) is 8.81. The first-order valence-electron chi connectivity index (χ1n) is 4.23. The number of pyridine rings is 1. The second-order valence-corrected chi connectivity index (χ2v) is 3.08. The van der Waals surface area contributed by atoms with Gasteiger partial charge in [-0.3, -0.25) is 9.78 Å².